The second kappa shape index (κ2) is 7.80. The summed E-state index contributed by atoms with van der Waals surface area (Å²) >= 11 is 0. The largest absolute Gasteiger partial charge is 0.468 e. The van der Waals surface area contributed by atoms with E-state index in [9.17, 15) is 4.79 Å². The van der Waals surface area contributed by atoms with Gasteiger partial charge in [0.15, 0.2) is 0 Å². The fraction of sp³-hybridized carbons (Fsp3) is 0.261. The molecule has 0 unspecified atom stereocenters. The minimum absolute atomic E-state index is 0.0164. The van der Waals surface area contributed by atoms with Crippen molar-refractivity contribution in [2.75, 3.05) is 13.1 Å². The molecule has 27 heavy (non-hydrogen) atoms. The Hall–Kier alpha value is -2.85. The molecule has 1 atom stereocenters. The third kappa shape index (κ3) is 3.96. The number of aryl methyl sites for hydroxylation is 1. The van der Waals surface area contributed by atoms with Gasteiger partial charge in [0, 0.05) is 25.2 Å². The Morgan fingerprint density at radius 1 is 1.07 bits per heavy atom. The van der Waals surface area contributed by atoms with Gasteiger partial charge in [0.25, 0.3) is 5.91 Å². The van der Waals surface area contributed by atoms with Crippen molar-refractivity contribution in [1.29, 1.82) is 0 Å². The van der Waals surface area contributed by atoms with Crippen LogP contribution in [0.2, 0.25) is 0 Å². The topological polar surface area (TPSA) is 45.5 Å². The van der Waals surface area contributed by atoms with Crippen molar-refractivity contribution in [3.63, 3.8) is 0 Å². The van der Waals surface area contributed by atoms with Crippen molar-refractivity contribution < 1.29 is 9.21 Å². The number of nitrogens with one attached hydrogen (secondary N) is 1. The highest BCUT2D eigenvalue weighted by Crippen LogP contribution is 2.28. The molecular formula is C23H24N2O2. The molecule has 1 aromatic heterocycles. The molecule has 0 fully saturated rings. The van der Waals surface area contributed by atoms with Gasteiger partial charge in [0.05, 0.1) is 12.3 Å². The molecule has 4 heteroatoms. The van der Waals surface area contributed by atoms with E-state index in [1.54, 1.807) is 6.26 Å². The van der Waals surface area contributed by atoms with Gasteiger partial charge in [0.2, 0.25) is 0 Å². The van der Waals surface area contributed by atoms with E-state index < -0.39 is 0 Å². The Kier molecular flexibility index (Phi) is 5.07. The first kappa shape index (κ1) is 17.6. The number of amides is 1. The molecule has 0 spiro atoms. The molecule has 1 aliphatic rings. The third-order valence-corrected chi connectivity index (χ3v) is 5.24. The van der Waals surface area contributed by atoms with Gasteiger partial charge in [-0.3, -0.25) is 9.69 Å². The lowest BCUT2D eigenvalue weighted by molar-refractivity contribution is 0.0919. The van der Waals surface area contributed by atoms with Crippen LogP contribution in [0.25, 0.3) is 0 Å². The maximum Gasteiger partial charge on any atom is 0.251 e. The molecule has 0 saturated heterocycles. The van der Waals surface area contributed by atoms with Gasteiger partial charge in [-0.2, -0.15) is 0 Å². The predicted molar refractivity (Wildman–Crippen MR) is 106 cm³/mol. The number of benzene rings is 2. The Morgan fingerprint density at radius 3 is 2.59 bits per heavy atom. The summed E-state index contributed by atoms with van der Waals surface area (Å²) in [5.41, 5.74) is 4.59. The second-order valence-electron chi connectivity index (χ2n) is 7.10. The van der Waals surface area contributed by atoms with Crippen LogP contribution in [0.5, 0.6) is 0 Å². The first-order chi connectivity index (χ1) is 13.2. The van der Waals surface area contributed by atoms with Crippen LogP contribution in [-0.4, -0.2) is 23.9 Å². The zero-order chi connectivity index (χ0) is 18.6. The van der Waals surface area contributed by atoms with Crippen LogP contribution >= 0.6 is 0 Å². The zero-order valence-corrected chi connectivity index (χ0v) is 15.5. The van der Waals surface area contributed by atoms with Gasteiger partial charge in [-0.1, -0.05) is 42.0 Å². The van der Waals surface area contributed by atoms with Crippen LogP contribution in [0, 0.1) is 6.92 Å². The monoisotopic (exact) mass is 360 g/mol. The van der Waals surface area contributed by atoms with Crippen molar-refractivity contribution in [3.05, 3.63) is 94.9 Å². The van der Waals surface area contributed by atoms with Gasteiger partial charge in [-0.25, -0.2) is 0 Å². The summed E-state index contributed by atoms with van der Waals surface area (Å²) in [6, 6.07) is 20.1. The van der Waals surface area contributed by atoms with E-state index in [-0.39, 0.29) is 11.9 Å². The van der Waals surface area contributed by atoms with E-state index in [1.807, 2.05) is 43.3 Å². The summed E-state index contributed by atoms with van der Waals surface area (Å²) in [4.78, 5) is 14.9. The number of furan rings is 1. The second-order valence-corrected chi connectivity index (χ2v) is 7.10. The Bertz CT molecular complexity index is 900. The molecule has 1 N–H and O–H groups in total. The van der Waals surface area contributed by atoms with E-state index in [0.717, 1.165) is 30.8 Å². The molecule has 3 aromatic rings. The minimum Gasteiger partial charge on any atom is -0.468 e. The molecule has 0 bridgehead atoms. The van der Waals surface area contributed by atoms with Crippen LogP contribution in [-0.2, 0) is 13.0 Å². The number of hydrogen-bond acceptors (Lipinski definition) is 3. The van der Waals surface area contributed by atoms with Crippen molar-refractivity contribution in [2.45, 2.75) is 25.9 Å². The van der Waals surface area contributed by atoms with E-state index >= 15 is 0 Å². The van der Waals surface area contributed by atoms with Crippen molar-refractivity contribution in [2.24, 2.45) is 0 Å². The van der Waals surface area contributed by atoms with Crippen LogP contribution in [0.4, 0.5) is 0 Å². The van der Waals surface area contributed by atoms with E-state index in [1.165, 1.54) is 11.1 Å². The van der Waals surface area contributed by atoms with E-state index in [2.05, 4.69) is 34.5 Å². The van der Waals surface area contributed by atoms with E-state index in [4.69, 9.17) is 4.42 Å². The molecule has 1 aliphatic heterocycles. The lowest BCUT2D eigenvalue weighted by Gasteiger charge is -2.34. The summed E-state index contributed by atoms with van der Waals surface area (Å²) in [5.74, 6) is 0.836. The fourth-order valence-corrected chi connectivity index (χ4v) is 3.67. The molecule has 1 amide bonds. The van der Waals surface area contributed by atoms with Crippen LogP contribution < -0.4 is 5.32 Å². The van der Waals surface area contributed by atoms with Crippen molar-refractivity contribution >= 4 is 5.91 Å². The first-order valence-corrected chi connectivity index (χ1v) is 9.40. The number of hydrogen-bond donors (Lipinski definition) is 1. The van der Waals surface area contributed by atoms with Gasteiger partial charge in [-0.15, -0.1) is 0 Å². The normalized spacial score (nSPS) is 15.1. The molecule has 138 valence electrons. The Labute approximate surface area is 159 Å². The molecule has 2 heterocycles. The minimum atomic E-state index is -0.0519. The molecule has 0 saturated carbocycles. The SMILES string of the molecule is Cc1ccc(C(=O)NC[C@@H](c2ccco2)N2CCc3ccccc3C2)cc1. The number of rotatable bonds is 5. The smallest absolute Gasteiger partial charge is 0.251 e. The number of nitrogens with zero attached hydrogens (tertiary/aromatic N) is 1. The van der Waals surface area contributed by atoms with Crippen LogP contribution in [0.3, 0.4) is 0 Å². The Balaban J connectivity index is 1.49. The van der Waals surface area contributed by atoms with Crippen molar-refractivity contribution in [1.82, 2.24) is 10.2 Å². The predicted octanol–water partition coefficient (Wildman–Crippen LogP) is 4.12. The maximum absolute atomic E-state index is 12.6. The van der Waals surface area contributed by atoms with Gasteiger partial charge in [-0.05, 0) is 48.7 Å². The lowest BCUT2D eigenvalue weighted by atomic mass is 9.98. The Morgan fingerprint density at radius 2 is 1.85 bits per heavy atom. The van der Waals surface area contributed by atoms with Crippen LogP contribution in [0.1, 0.15) is 38.9 Å². The number of fused-ring (bicyclic) bond motifs is 1. The summed E-state index contributed by atoms with van der Waals surface area (Å²) in [6.07, 6.45) is 2.71. The summed E-state index contributed by atoms with van der Waals surface area (Å²) < 4.78 is 5.70. The number of carbonyl (C=O) groups excluding carboxylic acids is 1. The van der Waals surface area contributed by atoms with Crippen LogP contribution in [0.15, 0.2) is 71.3 Å². The number of carbonyl (C=O) groups is 1. The molecule has 0 aliphatic carbocycles. The average Bonchev–Trinajstić information content (AvgIpc) is 3.23. The first-order valence-electron chi connectivity index (χ1n) is 9.40. The summed E-state index contributed by atoms with van der Waals surface area (Å²) in [5, 5.41) is 3.09. The zero-order valence-electron chi connectivity index (χ0n) is 15.5. The average molecular weight is 360 g/mol. The lowest BCUT2D eigenvalue weighted by Crippen LogP contribution is -2.40. The fourth-order valence-electron chi connectivity index (χ4n) is 3.67. The van der Waals surface area contributed by atoms with E-state index in [0.29, 0.717) is 12.1 Å². The quantitative estimate of drug-likeness (QED) is 0.744. The van der Waals surface area contributed by atoms with Gasteiger partial charge >= 0.3 is 0 Å². The third-order valence-electron chi connectivity index (χ3n) is 5.24. The highest BCUT2D eigenvalue weighted by Gasteiger charge is 2.27. The molecule has 4 nitrogen and oxygen atoms in total. The summed E-state index contributed by atoms with van der Waals surface area (Å²) in [6.45, 7) is 4.34. The molecule has 2 aromatic carbocycles. The molecular weight excluding hydrogens is 336 g/mol. The molecule has 4 rings (SSSR count). The standard InChI is InChI=1S/C23H24N2O2/c1-17-8-10-19(11-9-17)23(26)24-15-21(22-7-4-14-27-22)25-13-12-18-5-2-3-6-20(18)16-25/h2-11,14,21H,12-13,15-16H2,1H3,(H,24,26)/t21-/m0/s1. The highest BCUT2D eigenvalue weighted by atomic mass is 16.3. The molecule has 0 radical (unpaired) electrons. The van der Waals surface area contributed by atoms with Gasteiger partial charge in [0.1, 0.15) is 5.76 Å². The maximum atomic E-state index is 12.6. The van der Waals surface area contributed by atoms with Gasteiger partial charge < -0.3 is 9.73 Å². The summed E-state index contributed by atoms with van der Waals surface area (Å²) in [7, 11) is 0. The highest BCUT2D eigenvalue weighted by molar-refractivity contribution is 5.94. The van der Waals surface area contributed by atoms with Crippen molar-refractivity contribution in [3.8, 4) is 0 Å².